The quantitative estimate of drug-likeness (QED) is 0.325. The largest absolute Gasteiger partial charge is 0.511 e. The van der Waals surface area contributed by atoms with Gasteiger partial charge in [0.15, 0.2) is 0 Å². The molecule has 0 spiro atoms. The molecule has 4 aromatic rings. The van der Waals surface area contributed by atoms with Gasteiger partial charge >= 0.3 is 6.16 Å². The maximum atomic E-state index is 13.9. The molecule has 0 radical (unpaired) electrons. The molecule has 0 amide bonds. The van der Waals surface area contributed by atoms with E-state index in [0.717, 1.165) is 5.56 Å². The summed E-state index contributed by atoms with van der Waals surface area (Å²) in [4.78, 5) is 10.9. The minimum absolute atomic E-state index is 0.181. The summed E-state index contributed by atoms with van der Waals surface area (Å²) in [5.41, 5.74) is 2.04. The number of halogens is 2. The van der Waals surface area contributed by atoms with E-state index in [1.54, 1.807) is 35.0 Å². The summed E-state index contributed by atoms with van der Waals surface area (Å²) in [6.07, 6.45) is 0.104. The third-order valence-electron chi connectivity index (χ3n) is 4.53. The zero-order valence-corrected chi connectivity index (χ0v) is 16.3. The van der Waals surface area contributed by atoms with E-state index in [9.17, 15) is 9.18 Å². The molecule has 1 N–H and O–H groups in total. The normalized spacial score (nSPS) is 10.9. The van der Waals surface area contributed by atoms with Crippen molar-refractivity contribution >= 4 is 28.7 Å². The van der Waals surface area contributed by atoms with Crippen molar-refractivity contribution in [3.8, 4) is 11.5 Å². The molecule has 0 unspecified atom stereocenters. The van der Waals surface area contributed by atoms with Crippen LogP contribution in [0.4, 0.5) is 9.18 Å². The number of fused-ring (bicyclic) bond motifs is 1. The minimum atomic E-state index is -1.41. The number of hydrogen-bond acceptors (Lipinski definition) is 4. The number of rotatable bonds is 6. The molecule has 30 heavy (non-hydrogen) atoms. The summed E-state index contributed by atoms with van der Waals surface area (Å²) >= 11 is 6.18. The summed E-state index contributed by atoms with van der Waals surface area (Å²) in [6.45, 7) is 0.449. The van der Waals surface area contributed by atoms with Gasteiger partial charge in [0.1, 0.15) is 23.9 Å². The Kier molecular flexibility index (Phi) is 5.54. The lowest BCUT2D eigenvalue weighted by molar-refractivity contribution is 0.145. The van der Waals surface area contributed by atoms with Gasteiger partial charge in [-0.05, 0) is 36.4 Å². The van der Waals surface area contributed by atoms with E-state index in [1.807, 2.05) is 18.2 Å². The van der Waals surface area contributed by atoms with E-state index in [4.69, 9.17) is 26.2 Å². The Bertz CT molecular complexity index is 1220. The van der Waals surface area contributed by atoms with Crippen molar-refractivity contribution in [3.63, 3.8) is 0 Å². The zero-order chi connectivity index (χ0) is 21.1. The SMILES string of the molecule is O=C(O)Oc1cccc2c1cnn2Cc1cc(F)ccc1OCc1ccccc1Cl. The van der Waals surface area contributed by atoms with Crippen LogP contribution in [0.2, 0.25) is 5.02 Å². The lowest BCUT2D eigenvalue weighted by Crippen LogP contribution is -2.06. The van der Waals surface area contributed by atoms with Gasteiger partial charge < -0.3 is 14.6 Å². The molecule has 0 saturated heterocycles. The van der Waals surface area contributed by atoms with Crippen LogP contribution in [-0.4, -0.2) is 21.0 Å². The summed E-state index contributed by atoms with van der Waals surface area (Å²) in [6, 6.07) is 16.6. The van der Waals surface area contributed by atoms with Crippen LogP contribution < -0.4 is 9.47 Å². The summed E-state index contributed by atoms with van der Waals surface area (Å²) in [7, 11) is 0. The summed E-state index contributed by atoms with van der Waals surface area (Å²) in [5.74, 6) is 0.278. The van der Waals surface area contributed by atoms with Gasteiger partial charge in [0, 0.05) is 16.1 Å². The van der Waals surface area contributed by atoms with Crippen LogP contribution in [0.25, 0.3) is 10.9 Å². The highest BCUT2D eigenvalue weighted by Crippen LogP contribution is 2.28. The molecule has 3 aromatic carbocycles. The molecule has 4 rings (SSSR count). The van der Waals surface area contributed by atoms with Gasteiger partial charge in [-0.25, -0.2) is 9.18 Å². The van der Waals surface area contributed by atoms with Crippen LogP contribution in [0.3, 0.4) is 0 Å². The van der Waals surface area contributed by atoms with Gasteiger partial charge in [-0.1, -0.05) is 35.9 Å². The van der Waals surface area contributed by atoms with E-state index >= 15 is 0 Å². The Morgan fingerprint density at radius 3 is 2.70 bits per heavy atom. The second kappa shape index (κ2) is 8.42. The molecular weight excluding hydrogens is 411 g/mol. The summed E-state index contributed by atoms with van der Waals surface area (Å²) < 4.78 is 26.3. The highest BCUT2D eigenvalue weighted by molar-refractivity contribution is 6.31. The fourth-order valence-electron chi connectivity index (χ4n) is 3.13. The number of benzene rings is 3. The van der Waals surface area contributed by atoms with E-state index < -0.39 is 12.0 Å². The second-order valence-electron chi connectivity index (χ2n) is 6.49. The topological polar surface area (TPSA) is 73.6 Å². The van der Waals surface area contributed by atoms with Crippen molar-refractivity contribution in [3.05, 3.63) is 88.8 Å². The van der Waals surface area contributed by atoms with Gasteiger partial charge in [0.05, 0.1) is 23.6 Å². The fraction of sp³-hybridized carbons (Fsp3) is 0.0909. The molecule has 1 heterocycles. The Hall–Kier alpha value is -3.58. The first kappa shape index (κ1) is 19.7. The number of carbonyl (C=O) groups is 1. The first-order valence-electron chi connectivity index (χ1n) is 9.01. The lowest BCUT2D eigenvalue weighted by Gasteiger charge is -2.13. The van der Waals surface area contributed by atoms with Crippen LogP contribution in [0.5, 0.6) is 11.5 Å². The van der Waals surface area contributed by atoms with Crippen molar-refractivity contribution in [1.82, 2.24) is 9.78 Å². The molecule has 6 nitrogen and oxygen atoms in total. The number of aromatic nitrogens is 2. The smallest absolute Gasteiger partial charge is 0.488 e. The molecule has 0 aliphatic carbocycles. The molecule has 0 aliphatic rings. The van der Waals surface area contributed by atoms with E-state index in [2.05, 4.69) is 5.10 Å². The molecular formula is C22H16ClFN2O4. The molecule has 0 bridgehead atoms. The van der Waals surface area contributed by atoms with E-state index in [-0.39, 0.29) is 18.9 Å². The fourth-order valence-corrected chi connectivity index (χ4v) is 3.32. The van der Waals surface area contributed by atoms with E-state index in [1.165, 1.54) is 18.3 Å². The molecule has 8 heteroatoms. The van der Waals surface area contributed by atoms with Gasteiger partial charge in [0.2, 0.25) is 0 Å². The average molecular weight is 427 g/mol. The van der Waals surface area contributed by atoms with Crippen molar-refractivity contribution in [2.45, 2.75) is 13.2 Å². The standard InChI is InChI=1S/C22H16ClFN2O4/c23-18-5-2-1-4-14(18)13-29-20-9-8-16(24)10-15(20)12-26-19-6-3-7-21(30-22(27)28)17(19)11-25-26/h1-11H,12-13H2,(H,27,28). The molecule has 0 aliphatic heterocycles. The van der Waals surface area contributed by atoms with Gasteiger partial charge in [-0.2, -0.15) is 5.10 Å². The molecule has 0 atom stereocenters. The van der Waals surface area contributed by atoms with Crippen LogP contribution in [0.15, 0.2) is 66.9 Å². The maximum absolute atomic E-state index is 13.9. The highest BCUT2D eigenvalue weighted by Gasteiger charge is 2.14. The van der Waals surface area contributed by atoms with E-state index in [0.29, 0.717) is 27.2 Å². The first-order chi connectivity index (χ1) is 14.5. The minimum Gasteiger partial charge on any atom is -0.488 e. The lowest BCUT2D eigenvalue weighted by atomic mass is 10.1. The van der Waals surface area contributed by atoms with Gasteiger partial charge in [0.25, 0.3) is 0 Å². The third kappa shape index (κ3) is 4.21. The first-order valence-corrected chi connectivity index (χ1v) is 9.39. The predicted molar refractivity (Wildman–Crippen MR) is 110 cm³/mol. The van der Waals surface area contributed by atoms with Crippen LogP contribution >= 0.6 is 11.6 Å². The number of ether oxygens (including phenoxy) is 2. The molecule has 152 valence electrons. The molecule has 1 aromatic heterocycles. The molecule has 0 saturated carbocycles. The Balaban J connectivity index is 1.63. The van der Waals surface area contributed by atoms with Crippen molar-refractivity contribution in [2.24, 2.45) is 0 Å². The highest BCUT2D eigenvalue weighted by atomic mass is 35.5. The molecule has 0 fully saturated rings. The monoisotopic (exact) mass is 426 g/mol. The average Bonchev–Trinajstić information content (AvgIpc) is 3.12. The Morgan fingerprint density at radius 2 is 1.90 bits per heavy atom. The zero-order valence-electron chi connectivity index (χ0n) is 15.6. The van der Waals surface area contributed by atoms with Crippen LogP contribution in [0, 0.1) is 5.82 Å². The van der Waals surface area contributed by atoms with Crippen molar-refractivity contribution < 1.29 is 23.8 Å². The number of nitrogens with zero attached hydrogens (tertiary/aromatic N) is 2. The van der Waals surface area contributed by atoms with Crippen molar-refractivity contribution in [2.75, 3.05) is 0 Å². The van der Waals surface area contributed by atoms with Crippen LogP contribution in [0.1, 0.15) is 11.1 Å². The Morgan fingerprint density at radius 1 is 1.07 bits per heavy atom. The number of carboxylic acid groups (broad SMARTS) is 1. The van der Waals surface area contributed by atoms with Gasteiger partial charge in [-0.15, -0.1) is 0 Å². The third-order valence-corrected chi connectivity index (χ3v) is 4.90. The van der Waals surface area contributed by atoms with Crippen molar-refractivity contribution in [1.29, 1.82) is 0 Å². The number of hydrogen-bond donors (Lipinski definition) is 1. The predicted octanol–water partition coefficient (Wildman–Crippen LogP) is 5.51. The second-order valence-corrected chi connectivity index (χ2v) is 6.90. The maximum Gasteiger partial charge on any atom is 0.511 e. The van der Waals surface area contributed by atoms with Crippen LogP contribution in [-0.2, 0) is 13.2 Å². The van der Waals surface area contributed by atoms with Gasteiger partial charge in [-0.3, -0.25) is 4.68 Å². The Labute approximate surface area is 176 Å². The summed E-state index contributed by atoms with van der Waals surface area (Å²) in [5, 5.41) is 14.3.